The van der Waals surface area contributed by atoms with Crippen molar-refractivity contribution in [3.05, 3.63) is 35.1 Å². The van der Waals surface area contributed by atoms with Crippen molar-refractivity contribution >= 4 is 0 Å². The molecule has 0 aromatic heterocycles. The van der Waals surface area contributed by atoms with E-state index >= 15 is 0 Å². The van der Waals surface area contributed by atoms with Crippen LogP contribution in [0.25, 0.3) is 0 Å². The Balaban J connectivity index is 3.13. The number of rotatable bonds is 2. The molecule has 2 N–H and O–H groups in total. The first kappa shape index (κ1) is 10.1. The zero-order chi connectivity index (χ0) is 10.1. The van der Waals surface area contributed by atoms with E-state index in [1.165, 1.54) is 6.07 Å². The lowest BCUT2D eigenvalue weighted by atomic mass is 10.1. The maximum absolute atomic E-state index is 13.0. The molecule has 0 spiro atoms. The van der Waals surface area contributed by atoms with Crippen LogP contribution in [0.4, 0.5) is 13.2 Å². The molecule has 13 heavy (non-hydrogen) atoms. The van der Waals surface area contributed by atoms with Gasteiger partial charge in [0.2, 0.25) is 0 Å². The van der Waals surface area contributed by atoms with Crippen molar-refractivity contribution in [1.82, 2.24) is 0 Å². The van der Waals surface area contributed by atoms with Crippen LogP contribution in [0.1, 0.15) is 18.1 Å². The molecule has 1 rings (SSSR count). The lowest BCUT2D eigenvalue weighted by Gasteiger charge is -2.11. The lowest BCUT2D eigenvalue weighted by Crippen LogP contribution is -2.10. The Morgan fingerprint density at radius 1 is 1.38 bits per heavy atom. The molecule has 1 aromatic rings. The van der Waals surface area contributed by atoms with Gasteiger partial charge in [0.1, 0.15) is 5.82 Å². The molecule has 4 heteroatoms. The third-order valence-electron chi connectivity index (χ3n) is 1.74. The average Bonchev–Trinajstić information content (AvgIpc) is 2.01. The highest BCUT2D eigenvalue weighted by Crippen LogP contribution is 2.29. The predicted octanol–water partition coefficient (Wildman–Crippen LogP) is 2.40. The first-order chi connectivity index (χ1) is 5.95. The molecule has 1 nitrogen and oxygen atoms in total. The second-order valence-corrected chi connectivity index (χ2v) is 2.91. The fraction of sp³-hybridized carbons (Fsp3) is 0.333. The zero-order valence-corrected chi connectivity index (χ0v) is 7.15. The third kappa shape index (κ3) is 2.21. The summed E-state index contributed by atoms with van der Waals surface area (Å²) in [5, 5.41) is 0. The minimum atomic E-state index is -3.14. The van der Waals surface area contributed by atoms with Crippen LogP contribution in [0.3, 0.4) is 0 Å². The van der Waals surface area contributed by atoms with E-state index in [4.69, 9.17) is 5.73 Å². The number of nitrogens with two attached hydrogens (primary N) is 1. The molecule has 0 amide bonds. The van der Waals surface area contributed by atoms with Gasteiger partial charge in [-0.25, -0.2) is 13.2 Å². The number of alkyl halides is 2. The molecule has 0 aliphatic carbocycles. The molecular formula is C9H10F3N. The third-order valence-corrected chi connectivity index (χ3v) is 1.74. The van der Waals surface area contributed by atoms with Crippen LogP contribution in [0.2, 0.25) is 0 Å². The second-order valence-electron chi connectivity index (χ2n) is 2.91. The molecule has 0 aliphatic heterocycles. The van der Waals surface area contributed by atoms with Crippen molar-refractivity contribution < 1.29 is 13.2 Å². The fourth-order valence-corrected chi connectivity index (χ4v) is 1.04. The molecule has 0 fully saturated rings. The fourth-order valence-electron chi connectivity index (χ4n) is 1.04. The monoisotopic (exact) mass is 189 g/mol. The molecule has 0 heterocycles. The van der Waals surface area contributed by atoms with E-state index in [-0.39, 0.29) is 6.54 Å². The minimum Gasteiger partial charge on any atom is -0.326 e. The molecule has 0 atom stereocenters. The SMILES string of the molecule is CC(F)(F)c1ccc(CN)cc1F. The highest BCUT2D eigenvalue weighted by molar-refractivity contribution is 5.27. The summed E-state index contributed by atoms with van der Waals surface area (Å²) in [6.45, 7) is 0.806. The zero-order valence-electron chi connectivity index (χ0n) is 7.15. The molecule has 0 radical (unpaired) electrons. The lowest BCUT2D eigenvalue weighted by molar-refractivity contribution is 0.0137. The van der Waals surface area contributed by atoms with Gasteiger partial charge < -0.3 is 5.73 Å². The standard InChI is InChI=1S/C9H10F3N/c1-9(11,12)7-3-2-6(5-13)4-8(7)10/h2-4H,5,13H2,1H3. The molecule has 0 unspecified atom stereocenters. The Hall–Kier alpha value is -1.03. The van der Waals surface area contributed by atoms with Crippen LogP contribution in [0, 0.1) is 5.82 Å². The maximum atomic E-state index is 13.0. The molecule has 0 bridgehead atoms. The molecule has 72 valence electrons. The average molecular weight is 189 g/mol. The van der Waals surface area contributed by atoms with E-state index in [0.717, 1.165) is 12.1 Å². The molecule has 0 saturated carbocycles. The summed E-state index contributed by atoms with van der Waals surface area (Å²) < 4.78 is 38.4. The summed E-state index contributed by atoms with van der Waals surface area (Å²) in [6, 6.07) is 3.50. The van der Waals surface area contributed by atoms with Gasteiger partial charge in [-0.1, -0.05) is 6.07 Å². The van der Waals surface area contributed by atoms with Crippen LogP contribution in [-0.2, 0) is 12.5 Å². The maximum Gasteiger partial charge on any atom is 0.273 e. The van der Waals surface area contributed by atoms with Gasteiger partial charge in [-0.05, 0) is 17.7 Å². The van der Waals surface area contributed by atoms with Gasteiger partial charge in [0.05, 0.1) is 5.56 Å². The van der Waals surface area contributed by atoms with E-state index in [1.54, 1.807) is 0 Å². The summed E-state index contributed by atoms with van der Waals surface area (Å²) >= 11 is 0. The van der Waals surface area contributed by atoms with Crippen molar-refractivity contribution in [2.45, 2.75) is 19.4 Å². The van der Waals surface area contributed by atoms with Crippen LogP contribution in [-0.4, -0.2) is 0 Å². The largest absolute Gasteiger partial charge is 0.326 e. The Kier molecular flexibility index (Phi) is 2.61. The topological polar surface area (TPSA) is 26.0 Å². The number of halogens is 3. The van der Waals surface area contributed by atoms with E-state index in [1.807, 2.05) is 0 Å². The van der Waals surface area contributed by atoms with Crippen molar-refractivity contribution in [1.29, 1.82) is 0 Å². The van der Waals surface area contributed by atoms with Gasteiger partial charge in [-0.15, -0.1) is 0 Å². The van der Waals surface area contributed by atoms with Gasteiger partial charge in [-0.2, -0.15) is 0 Å². The molecule has 1 aromatic carbocycles. The first-order valence-electron chi connectivity index (χ1n) is 3.82. The van der Waals surface area contributed by atoms with Crippen molar-refractivity contribution in [2.24, 2.45) is 5.73 Å². The van der Waals surface area contributed by atoms with Gasteiger partial charge in [-0.3, -0.25) is 0 Å². The minimum absolute atomic E-state index is 0.145. The van der Waals surface area contributed by atoms with E-state index in [2.05, 4.69) is 0 Å². The number of benzene rings is 1. The van der Waals surface area contributed by atoms with Crippen LogP contribution in [0.15, 0.2) is 18.2 Å². The van der Waals surface area contributed by atoms with Gasteiger partial charge in [0.25, 0.3) is 5.92 Å². The second kappa shape index (κ2) is 3.38. The van der Waals surface area contributed by atoms with E-state index in [9.17, 15) is 13.2 Å². The molecule has 0 aliphatic rings. The Morgan fingerprint density at radius 3 is 2.38 bits per heavy atom. The van der Waals surface area contributed by atoms with Crippen molar-refractivity contribution in [3.8, 4) is 0 Å². The van der Waals surface area contributed by atoms with Crippen LogP contribution < -0.4 is 5.73 Å². The summed E-state index contributed by atoms with van der Waals surface area (Å²) in [5.74, 6) is -4.05. The highest BCUT2D eigenvalue weighted by Gasteiger charge is 2.27. The Morgan fingerprint density at radius 2 is 2.00 bits per heavy atom. The quantitative estimate of drug-likeness (QED) is 0.759. The van der Waals surface area contributed by atoms with Crippen molar-refractivity contribution in [2.75, 3.05) is 0 Å². The molecular weight excluding hydrogens is 179 g/mol. The van der Waals surface area contributed by atoms with E-state index < -0.39 is 17.3 Å². The predicted molar refractivity (Wildman–Crippen MR) is 43.9 cm³/mol. The Bertz CT molecular complexity index is 304. The smallest absolute Gasteiger partial charge is 0.273 e. The Labute approximate surface area is 74.4 Å². The van der Waals surface area contributed by atoms with Gasteiger partial charge in [0, 0.05) is 13.5 Å². The highest BCUT2D eigenvalue weighted by atomic mass is 19.3. The van der Waals surface area contributed by atoms with E-state index in [0.29, 0.717) is 12.5 Å². The normalized spacial score (nSPS) is 11.8. The van der Waals surface area contributed by atoms with Crippen LogP contribution >= 0.6 is 0 Å². The number of hydrogen-bond donors (Lipinski definition) is 1. The van der Waals surface area contributed by atoms with Crippen LogP contribution in [0.5, 0.6) is 0 Å². The van der Waals surface area contributed by atoms with Crippen molar-refractivity contribution in [3.63, 3.8) is 0 Å². The number of hydrogen-bond acceptors (Lipinski definition) is 1. The van der Waals surface area contributed by atoms with Gasteiger partial charge >= 0.3 is 0 Å². The summed E-state index contributed by atoms with van der Waals surface area (Å²) in [7, 11) is 0. The summed E-state index contributed by atoms with van der Waals surface area (Å²) in [6.07, 6.45) is 0. The summed E-state index contributed by atoms with van der Waals surface area (Å²) in [5.41, 5.74) is 5.14. The van der Waals surface area contributed by atoms with Gasteiger partial charge in [0.15, 0.2) is 0 Å². The summed E-state index contributed by atoms with van der Waals surface area (Å²) in [4.78, 5) is 0. The molecule has 0 saturated heterocycles. The first-order valence-corrected chi connectivity index (χ1v) is 3.82.